The summed E-state index contributed by atoms with van der Waals surface area (Å²) in [6, 6.07) is 10.4. The maximum atomic E-state index is 13.7. The SMILES string of the molecule is COCCS(=O)(=O)c1occc1Cn1c(=O)c(C(=O)C(C)C)cc2cnc(Nc3ccc(OC4CCCN(C)C4)cc3)nc21. The van der Waals surface area contributed by atoms with Gasteiger partial charge in [0, 0.05) is 42.4 Å². The van der Waals surface area contributed by atoms with Gasteiger partial charge in [0.05, 0.1) is 30.7 Å². The Balaban J connectivity index is 1.47. The van der Waals surface area contributed by atoms with Crippen LogP contribution in [-0.2, 0) is 21.1 Å². The standard InChI is InChI=1S/C31H37N5O7S/c1-20(2)27(37)26-16-22-17-32-31(33-23-7-9-24(10-8-23)43-25-6-5-12-35(3)19-25)34-28(22)36(29(26)38)18-21-11-13-42-30(21)44(39,40)15-14-41-4/h7-11,13,16-17,20,25H,5-6,12,14-15,18-19H2,1-4H3,(H,32,33,34). The molecule has 0 aliphatic carbocycles. The van der Waals surface area contributed by atoms with Gasteiger partial charge >= 0.3 is 0 Å². The lowest BCUT2D eigenvalue weighted by Gasteiger charge is -2.30. The lowest BCUT2D eigenvalue weighted by molar-refractivity contribution is 0.0937. The summed E-state index contributed by atoms with van der Waals surface area (Å²) in [6.07, 6.45) is 5.05. The van der Waals surface area contributed by atoms with Gasteiger partial charge < -0.3 is 24.1 Å². The maximum absolute atomic E-state index is 13.7. The monoisotopic (exact) mass is 623 g/mol. The maximum Gasteiger partial charge on any atom is 0.263 e. The fourth-order valence-electron chi connectivity index (χ4n) is 5.18. The molecule has 1 N–H and O–H groups in total. The molecule has 1 aliphatic rings. The molecule has 12 nitrogen and oxygen atoms in total. The second-order valence-corrected chi connectivity index (χ2v) is 13.3. The average Bonchev–Trinajstić information content (AvgIpc) is 3.48. The predicted molar refractivity (Wildman–Crippen MR) is 166 cm³/mol. The number of anilines is 2. The largest absolute Gasteiger partial charge is 0.489 e. The molecule has 234 valence electrons. The van der Waals surface area contributed by atoms with Crippen LogP contribution < -0.4 is 15.6 Å². The highest BCUT2D eigenvalue weighted by Gasteiger charge is 2.25. The Bertz CT molecular complexity index is 1800. The molecule has 1 fully saturated rings. The van der Waals surface area contributed by atoms with Crippen LogP contribution in [0, 0.1) is 5.92 Å². The number of sulfone groups is 1. The van der Waals surface area contributed by atoms with Crippen molar-refractivity contribution >= 4 is 38.3 Å². The molecular formula is C31H37N5O7S. The number of benzene rings is 1. The van der Waals surface area contributed by atoms with Crippen LogP contribution in [-0.4, -0.2) is 79.3 Å². The van der Waals surface area contributed by atoms with E-state index in [2.05, 4.69) is 27.2 Å². The first-order valence-corrected chi connectivity index (χ1v) is 16.2. The second kappa shape index (κ2) is 13.3. The summed E-state index contributed by atoms with van der Waals surface area (Å²) in [5, 5.41) is 3.35. The van der Waals surface area contributed by atoms with Gasteiger partial charge in [0.2, 0.25) is 20.9 Å². The molecule has 0 bridgehead atoms. The van der Waals surface area contributed by atoms with E-state index in [1.165, 1.54) is 36.3 Å². The van der Waals surface area contributed by atoms with Crippen LogP contribution in [0.15, 0.2) is 63.2 Å². The number of piperidine rings is 1. The van der Waals surface area contributed by atoms with Crippen molar-refractivity contribution in [1.29, 1.82) is 0 Å². The van der Waals surface area contributed by atoms with Gasteiger partial charge in [-0.25, -0.2) is 13.4 Å². The van der Waals surface area contributed by atoms with E-state index in [0.717, 1.165) is 31.7 Å². The van der Waals surface area contributed by atoms with Crippen molar-refractivity contribution in [2.75, 3.05) is 44.9 Å². The van der Waals surface area contributed by atoms with Gasteiger partial charge in [-0.05, 0) is 62.8 Å². The first-order valence-electron chi connectivity index (χ1n) is 14.5. The zero-order valence-electron chi connectivity index (χ0n) is 25.3. The molecular weight excluding hydrogens is 586 g/mol. The topological polar surface area (TPSA) is 146 Å². The van der Waals surface area contributed by atoms with Gasteiger partial charge in [0.25, 0.3) is 5.56 Å². The van der Waals surface area contributed by atoms with Crippen LogP contribution in [0.3, 0.4) is 0 Å². The molecule has 1 atom stereocenters. The van der Waals surface area contributed by atoms with E-state index in [1.54, 1.807) is 13.8 Å². The van der Waals surface area contributed by atoms with E-state index in [-0.39, 0.29) is 58.6 Å². The molecule has 3 aromatic heterocycles. The quantitative estimate of drug-likeness (QED) is 0.229. The zero-order valence-corrected chi connectivity index (χ0v) is 26.1. The third kappa shape index (κ3) is 7.01. The number of pyridine rings is 1. The number of aromatic nitrogens is 3. The van der Waals surface area contributed by atoms with Crippen LogP contribution in [0.4, 0.5) is 11.6 Å². The summed E-state index contributed by atoms with van der Waals surface area (Å²) >= 11 is 0. The van der Waals surface area contributed by atoms with E-state index in [1.807, 2.05) is 24.3 Å². The number of nitrogens with zero attached hydrogens (tertiary/aromatic N) is 4. The minimum atomic E-state index is -3.83. The van der Waals surface area contributed by atoms with Gasteiger partial charge in [0.15, 0.2) is 5.78 Å². The van der Waals surface area contributed by atoms with E-state index in [9.17, 15) is 18.0 Å². The zero-order chi connectivity index (χ0) is 31.4. The number of rotatable bonds is 12. The number of nitrogens with one attached hydrogen (secondary N) is 1. The highest BCUT2D eigenvalue weighted by Crippen LogP contribution is 2.24. The van der Waals surface area contributed by atoms with Crippen molar-refractivity contribution in [3.63, 3.8) is 0 Å². The lowest BCUT2D eigenvalue weighted by atomic mass is 10.0. The number of likely N-dealkylation sites (N-methyl/N-ethyl adjacent to an activating group) is 1. The summed E-state index contributed by atoms with van der Waals surface area (Å²) in [7, 11) is -0.333. The molecule has 4 aromatic rings. The number of carbonyl (C=O) groups is 1. The van der Waals surface area contributed by atoms with Gasteiger partial charge in [-0.1, -0.05) is 13.8 Å². The highest BCUT2D eigenvalue weighted by molar-refractivity contribution is 7.91. The molecule has 44 heavy (non-hydrogen) atoms. The van der Waals surface area contributed by atoms with Crippen LogP contribution in [0.2, 0.25) is 0 Å². The van der Waals surface area contributed by atoms with Crippen molar-refractivity contribution in [2.24, 2.45) is 5.92 Å². The summed E-state index contributed by atoms with van der Waals surface area (Å²) in [4.78, 5) is 38.0. The Labute approximate surface area is 255 Å². The third-order valence-corrected chi connectivity index (χ3v) is 9.11. The molecule has 1 aromatic carbocycles. The van der Waals surface area contributed by atoms with Crippen molar-refractivity contribution in [1.82, 2.24) is 19.4 Å². The number of likely N-dealkylation sites (tertiary alicyclic amines) is 1. The minimum Gasteiger partial charge on any atom is -0.489 e. The lowest BCUT2D eigenvalue weighted by Crippen LogP contribution is -2.38. The number of hydrogen-bond acceptors (Lipinski definition) is 11. The molecule has 0 radical (unpaired) electrons. The smallest absolute Gasteiger partial charge is 0.263 e. The Morgan fingerprint density at radius 1 is 1.20 bits per heavy atom. The molecule has 5 rings (SSSR count). The van der Waals surface area contributed by atoms with Crippen molar-refractivity contribution in [3.8, 4) is 5.75 Å². The van der Waals surface area contributed by atoms with Gasteiger partial charge in [-0.2, -0.15) is 4.98 Å². The number of methoxy groups -OCH3 is 1. The predicted octanol–water partition coefficient (Wildman–Crippen LogP) is 3.91. The summed E-state index contributed by atoms with van der Waals surface area (Å²) in [5.74, 6) is -0.0711. The number of Topliss-reactive ketones (excluding diaryl/α,β-unsaturated/α-hetero) is 1. The molecule has 13 heteroatoms. The minimum absolute atomic E-state index is 0.0169. The average molecular weight is 624 g/mol. The molecule has 4 heterocycles. The fourth-order valence-corrected chi connectivity index (χ4v) is 6.48. The number of fused-ring (bicyclic) bond motifs is 1. The summed E-state index contributed by atoms with van der Waals surface area (Å²) in [5.41, 5.74) is 0.586. The van der Waals surface area contributed by atoms with Crippen LogP contribution >= 0.6 is 0 Å². The third-order valence-electron chi connectivity index (χ3n) is 7.48. The molecule has 0 saturated carbocycles. The molecule has 0 spiro atoms. The Kier molecular flexibility index (Phi) is 9.47. The van der Waals surface area contributed by atoms with Crippen molar-refractivity contribution < 1.29 is 27.1 Å². The van der Waals surface area contributed by atoms with Gasteiger partial charge in [-0.3, -0.25) is 14.2 Å². The van der Waals surface area contributed by atoms with Gasteiger partial charge in [0.1, 0.15) is 17.5 Å². The van der Waals surface area contributed by atoms with E-state index in [0.29, 0.717) is 11.1 Å². The number of carbonyl (C=O) groups excluding carboxylic acids is 1. The van der Waals surface area contributed by atoms with Crippen molar-refractivity contribution in [3.05, 3.63) is 70.3 Å². The fraction of sp³-hybridized carbons (Fsp3) is 0.419. The van der Waals surface area contributed by atoms with E-state index < -0.39 is 21.3 Å². The van der Waals surface area contributed by atoms with E-state index in [4.69, 9.17) is 13.9 Å². The van der Waals surface area contributed by atoms with Gasteiger partial charge in [-0.15, -0.1) is 0 Å². The molecule has 1 unspecified atom stereocenters. The normalized spacial score (nSPS) is 16.0. The molecule has 1 aliphatic heterocycles. The van der Waals surface area contributed by atoms with E-state index >= 15 is 0 Å². The number of furan rings is 1. The Morgan fingerprint density at radius 2 is 1.98 bits per heavy atom. The Hall–Kier alpha value is -4.07. The highest BCUT2D eigenvalue weighted by atomic mass is 32.2. The summed E-state index contributed by atoms with van der Waals surface area (Å²) in [6.45, 7) is 5.17. The first-order chi connectivity index (χ1) is 21.1. The number of hydrogen-bond donors (Lipinski definition) is 1. The van der Waals surface area contributed by atoms with Crippen molar-refractivity contribution in [2.45, 2.75) is 44.4 Å². The number of ketones is 1. The van der Waals surface area contributed by atoms with Crippen LogP contribution in [0.25, 0.3) is 11.0 Å². The van der Waals surface area contributed by atoms with Crippen LogP contribution in [0.1, 0.15) is 42.6 Å². The number of ether oxygens (including phenoxy) is 2. The first kappa shape index (κ1) is 31.4. The summed E-state index contributed by atoms with van der Waals surface area (Å²) < 4.78 is 43.6. The molecule has 1 saturated heterocycles. The second-order valence-electron chi connectivity index (χ2n) is 11.3. The van der Waals surface area contributed by atoms with Crippen LogP contribution in [0.5, 0.6) is 5.75 Å². The molecule has 0 amide bonds. The Morgan fingerprint density at radius 3 is 2.68 bits per heavy atom.